The van der Waals surface area contributed by atoms with Gasteiger partial charge in [0, 0.05) is 25.3 Å². The Kier molecular flexibility index (Phi) is 3.82. The van der Waals surface area contributed by atoms with Gasteiger partial charge in [0.15, 0.2) is 0 Å². The van der Waals surface area contributed by atoms with Gasteiger partial charge in [-0.3, -0.25) is 9.59 Å². The van der Waals surface area contributed by atoms with E-state index in [2.05, 4.69) is 0 Å². The maximum atomic E-state index is 12.4. The predicted molar refractivity (Wildman–Crippen MR) is 79.5 cm³/mol. The Hall–Kier alpha value is -2.04. The number of fused-ring (bicyclic) bond motifs is 1. The van der Waals surface area contributed by atoms with E-state index in [9.17, 15) is 14.7 Å². The fourth-order valence-corrected chi connectivity index (χ4v) is 3.25. The lowest BCUT2D eigenvalue weighted by Crippen LogP contribution is -2.42. The summed E-state index contributed by atoms with van der Waals surface area (Å²) >= 11 is 0. The Balaban J connectivity index is 1.74. The smallest absolute Gasteiger partial charge is 0.312 e. The molecular formula is C16H20N2O3. The average Bonchev–Trinajstić information content (AvgIpc) is 2.87. The average molecular weight is 288 g/mol. The van der Waals surface area contributed by atoms with Gasteiger partial charge in [-0.05, 0) is 30.9 Å². The van der Waals surface area contributed by atoms with Crippen molar-refractivity contribution in [3.05, 3.63) is 29.8 Å². The fourth-order valence-electron chi connectivity index (χ4n) is 3.25. The molecule has 0 saturated carbocycles. The van der Waals surface area contributed by atoms with E-state index in [1.807, 2.05) is 34.1 Å². The number of carbonyl (C=O) groups is 2. The summed E-state index contributed by atoms with van der Waals surface area (Å²) in [5.74, 6) is -1.25. The number of para-hydroxylation sites is 1. The largest absolute Gasteiger partial charge is 0.481 e. The molecule has 1 amide bonds. The second-order valence-corrected chi connectivity index (χ2v) is 5.77. The first-order valence-corrected chi connectivity index (χ1v) is 7.51. The number of benzene rings is 1. The summed E-state index contributed by atoms with van der Waals surface area (Å²) in [5, 5.41) is 9.34. The molecule has 2 aliphatic rings. The Labute approximate surface area is 124 Å². The van der Waals surface area contributed by atoms with E-state index >= 15 is 0 Å². The molecule has 1 fully saturated rings. The minimum absolute atomic E-state index is 0.107. The number of anilines is 1. The van der Waals surface area contributed by atoms with Crippen molar-refractivity contribution >= 4 is 17.6 Å². The zero-order valence-electron chi connectivity index (χ0n) is 12.0. The molecule has 1 atom stereocenters. The van der Waals surface area contributed by atoms with Crippen molar-refractivity contribution in [2.24, 2.45) is 0 Å². The molecule has 2 heterocycles. The number of aliphatic carboxylic acids is 1. The summed E-state index contributed by atoms with van der Waals surface area (Å²) in [4.78, 5) is 27.6. The van der Waals surface area contributed by atoms with Gasteiger partial charge < -0.3 is 14.9 Å². The number of rotatable bonds is 3. The zero-order chi connectivity index (χ0) is 14.8. The van der Waals surface area contributed by atoms with Crippen LogP contribution >= 0.6 is 0 Å². The van der Waals surface area contributed by atoms with Crippen LogP contribution in [0.5, 0.6) is 0 Å². The van der Waals surface area contributed by atoms with Crippen LogP contribution in [0.15, 0.2) is 24.3 Å². The summed E-state index contributed by atoms with van der Waals surface area (Å²) in [7, 11) is 0. The molecule has 0 bridgehead atoms. The summed E-state index contributed by atoms with van der Waals surface area (Å²) in [6, 6.07) is 7.49. The number of piperidine rings is 1. The Bertz CT molecular complexity index is 552. The van der Waals surface area contributed by atoms with Crippen LogP contribution in [0.25, 0.3) is 0 Å². The standard InChI is InChI=1S/C16H20N2O3/c19-15(17-8-4-1-5-9-17)11-18-10-13(16(20)21)12-6-2-3-7-14(12)18/h2-3,6-7,13H,1,4-5,8-11H2,(H,20,21). The lowest BCUT2D eigenvalue weighted by atomic mass is 10.0. The van der Waals surface area contributed by atoms with Gasteiger partial charge in [0.25, 0.3) is 0 Å². The number of nitrogens with zero attached hydrogens (tertiary/aromatic N) is 2. The minimum Gasteiger partial charge on any atom is -0.481 e. The van der Waals surface area contributed by atoms with Crippen molar-refractivity contribution in [1.82, 2.24) is 4.90 Å². The van der Waals surface area contributed by atoms with E-state index in [1.165, 1.54) is 6.42 Å². The third kappa shape index (κ3) is 2.73. The van der Waals surface area contributed by atoms with Crippen LogP contribution in [0.4, 0.5) is 5.69 Å². The minimum atomic E-state index is -0.824. The number of hydrogen-bond acceptors (Lipinski definition) is 3. The third-order valence-electron chi connectivity index (χ3n) is 4.39. The van der Waals surface area contributed by atoms with Crippen LogP contribution in [0, 0.1) is 0 Å². The van der Waals surface area contributed by atoms with Crippen molar-refractivity contribution in [2.45, 2.75) is 25.2 Å². The van der Waals surface area contributed by atoms with Gasteiger partial charge >= 0.3 is 5.97 Å². The number of hydrogen-bond donors (Lipinski definition) is 1. The number of likely N-dealkylation sites (tertiary alicyclic amines) is 1. The predicted octanol–water partition coefficient (Wildman–Crippen LogP) is 1.69. The quantitative estimate of drug-likeness (QED) is 0.919. The normalized spacial score (nSPS) is 21.2. The lowest BCUT2D eigenvalue weighted by molar-refractivity contribution is -0.138. The second-order valence-electron chi connectivity index (χ2n) is 5.77. The van der Waals surface area contributed by atoms with Crippen molar-refractivity contribution in [2.75, 3.05) is 31.1 Å². The number of carbonyl (C=O) groups excluding carboxylic acids is 1. The summed E-state index contributed by atoms with van der Waals surface area (Å²) in [6.07, 6.45) is 3.33. The second kappa shape index (κ2) is 5.76. The van der Waals surface area contributed by atoms with E-state index in [0.29, 0.717) is 6.54 Å². The number of carboxylic acids is 1. The van der Waals surface area contributed by atoms with Gasteiger partial charge in [-0.1, -0.05) is 18.2 Å². The highest BCUT2D eigenvalue weighted by atomic mass is 16.4. The summed E-state index contributed by atoms with van der Waals surface area (Å²) in [5.41, 5.74) is 1.70. The molecule has 0 aromatic heterocycles. The molecule has 1 saturated heterocycles. The van der Waals surface area contributed by atoms with Gasteiger partial charge in [-0.15, -0.1) is 0 Å². The molecule has 5 heteroatoms. The Morgan fingerprint density at radius 1 is 1.14 bits per heavy atom. The molecule has 1 N–H and O–H groups in total. The Morgan fingerprint density at radius 3 is 2.57 bits per heavy atom. The maximum absolute atomic E-state index is 12.4. The first-order chi connectivity index (χ1) is 10.2. The van der Waals surface area contributed by atoms with Gasteiger partial charge in [0.2, 0.25) is 5.91 Å². The molecule has 5 nitrogen and oxygen atoms in total. The number of amides is 1. The molecule has 1 aromatic rings. The van der Waals surface area contributed by atoms with Gasteiger partial charge in [0.1, 0.15) is 5.92 Å². The van der Waals surface area contributed by atoms with Gasteiger partial charge in [0.05, 0.1) is 6.54 Å². The van der Waals surface area contributed by atoms with E-state index in [-0.39, 0.29) is 12.5 Å². The van der Waals surface area contributed by atoms with E-state index in [4.69, 9.17) is 0 Å². The van der Waals surface area contributed by atoms with Crippen molar-refractivity contribution in [3.8, 4) is 0 Å². The molecule has 1 unspecified atom stereocenters. The summed E-state index contributed by atoms with van der Waals surface area (Å²) in [6.45, 7) is 2.32. The van der Waals surface area contributed by atoms with Crippen LogP contribution < -0.4 is 4.90 Å². The van der Waals surface area contributed by atoms with Crippen LogP contribution in [0.2, 0.25) is 0 Å². The van der Waals surface area contributed by atoms with Crippen molar-refractivity contribution in [1.29, 1.82) is 0 Å². The highest BCUT2D eigenvalue weighted by Crippen LogP contribution is 2.36. The molecule has 2 aliphatic heterocycles. The molecule has 3 rings (SSSR count). The molecule has 1 aromatic carbocycles. The van der Waals surface area contributed by atoms with Crippen LogP contribution in [-0.2, 0) is 9.59 Å². The van der Waals surface area contributed by atoms with Crippen LogP contribution in [0.3, 0.4) is 0 Å². The van der Waals surface area contributed by atoms with Crippen molar-refractivity contribution in [3.63, 3.8) is 0 Å². The fraction of sp³-hybridized carbons (Fsp3) is 0.500. The number of carboxylic acid groups (broad SMARTS) is 1. The van der Waals surface area contributed by atoms with Crippen molar-refractivity contribution < 1.29 is 14.7 Å². The molecule has 112 valence electrons. The zero-order valence-corrected chi connectivity index (χ0v) is 12.0. The first-order valence-electron chi connectivity index (χ1n) is 7.51. The molecule has 0 spiro atoms. The molecule has 21 heavy (non-hydrogen) atoms. The van der Waals surface area contributed by atoms with Gasteiger partial charge in [-0.25, -0.2) is 0 Å². The highest BCUT2D eigenvalue weighted by molar-refractivity contribution is 5.87. The molecular weight excluding hydrogens is 268 g/mol. The third-order valence-corrected chi connectivity index (χ3v) is 4.39. The monoisotopic (exact) mass is 288 g/mol. The SMILES string of the molecule is O=C(O)C1CN(CC(=O)N2CCCCC2)c2ccccc21. The van der Waals surface area contributed by atoms with Gasteiger partial charge in [-0.2, -0.15) is 0 Å². The van der Waals surface area contributed by atoms with Crippen LogP contribution in [0.1, 0.15) is 30.7 Å². The lowest BCUT2D eigenvalue weighted by Gasteiger charge is -2.29. The van der Waals surface area contributed by atoms with E-state index < -0.39 is 11.9 Å². The first kappa shape index (κ1) is 13.9. The Morgan fingerprint density at radius 2 is 1.86 bits per heavy atom. The maximum Gasteiger partial charge on any atom is 0.312 e. The highest BCUT2D eigenvalue weighted by Gasteiger charge is 2.34. The molecule has 0 aliphatic carbocycles. The van der Waals surface area contributed by atoms with Crippen LogP contribution in [-0.4, -0.2) is 48.1 Å². The topological polar surface area (TPSA) is 60.9 Å². The van der Waals surface area contributed by atoms with E-state index in [1.54, 1.807) is 0 Å². The summed E-state index contributed by atoms with van der Waals surface area (Å²) < 4.78 is 0. The molecule has 0 radical (unpaired) electrons. The van der Waals surface area contributed by atoms with E-state index in [0.717, 1.165) is 37.2 Å².